The van der Waals surface area contributed by atoms with Crippen LogP contribution in [-0.2, 0) is 0 Å². The van der Waals surface area contributed by atoms with Crippen molar-refractivity contribution in [2.24, 2.45) is 5.84 Å². The first kappa shape index (κ1) is 14.9. The molecule has 106 valence electrons. The van der Waals surface area contributed by atoms with Crippen LogP contribution in [0.25, 0.3) is 0 Å². The van der Waals surface area contributed by atoms with Gasteiger partial charge in [-0.05, 0) is 6.42 Å². The van der Waals surface area contributed by atoms with Crippen molar-refractivity contribution >= 4 is 17.5 Å². The number of hydrogen-bond acceptors (Lipinski definition) is 7. The summed E-state index contributed by atoms with van der Waals surface area (Å²) in [5.41, 5.74) is 1.64. The molecular formula is C8H11F3N6O2. The van der Waals surface area contributed by atoms with Crippen molar-refractivity contribution in [3.8, 4) is 0 Å². The van der Waals surface area contributed by atoms with E-state index in [2.05, 4.69) is 20.7 Å². The van der Waals surface area contributed by atoms with Gasteiger partial charge in [0.25, 0.3) is 0 Å². The zero-order valence-corrected chi connectivity index (χ0v) is 9.57. The maximum absolute atomic E-state index is 11.9. The summed E-state index contributed by atoms with van der Waals surface area (Å²) in [5, 5.41) is 13.1. The Bertz CT molecular complexity index is 453. The Labute approximate surface area is 105 Å². The average Bonchev–Trinajstić information content (AvgIpc) is 2.33. The van der Waals surface area contributed by atoms with E-state index in [1.54, 1.807) is 0 Å². The Morgan fingerprint density at radius 2 is 2.16 bits per heavy atom. The highest BCUT2D eigenvalue weighted by Gasteiger charge is 2.26. The van der Waals surface area contributed by atoms with Crippen molar-refractivity contribution in [1.29, 1.82) is 0 Å². The Kier molecular flexibility index (Phi) is 4.80. The van der Waals surface area contributed by atoms with E-state index < -0.39 is 23.2 Å². The number of nitrogens with one attached hydrogen (secondary N) is 2. The minimum absolute atomic E-state index is 0.0797. The molecule has 0 amide bonds. The quantitative estimate of drug-likeness (QED) is 0.312. The van der Waals surface area contributed by atoms with Gasteiger partial charge in [0.2, 0.25) is 11.8 Å². The number of hydrogen-bond donors (Lipinski definition) is 3. The molecule has 0 aromatic carbocycles. The molecule has 0 aliphatic heterocycles. The topological polar surface area (TPSA) is 119 Å². The van der Waals surface area contributed by atoms with Gasteiger partial charge >= 0.3 is 11.9 Å². The van der Waals surface area contributed by atoms with Crippen LogP contribution < -0.4 is 16.6 Å². The lowest BCUT2D eigenvalue weighted by atomic mass is 10.3. The fourth-order valence-electron chi connectivity index (χ4n) is 1.20. The number of hydrazine groups is 1. The first-order valence-corrected chi connectivity index (χ1v) is 5.12. The Morgan fingerprint density at radius 1 is 1.47 bits per heavy atom. The SMILES string of the molecule is NNc1ncc([N+](=O)[O-])c(NCCCC(F)(F)F)n1. The molecule has 0 radical (unpaired) electrons. The predicted molar refractivity (Wildman–Crippen MR) is 60.3 cm³/mol. The second-order valence-corrected chi connectivity index (χ2v) is 3.47. The zero-order valence-electron chi connectivity index (χ0n) is 9.57. The van der Waals surface area contributed by atoms with Gasteiger partial charge in [-0.3, -0.25) is 15.5 Å². The summed E-state index contributed by atoms with van der Waals surface area (Å²) in [6, 6.07) is 0. The van der Waals surface area contributed by atoms with Gasteiger partial charge in [0.1, 0.15) is 6.20 Å². The summed E-state index contributed by atoms with van der Waals surface area (Å²) >= 11 is 0. The Morgan fingerprint density at radius 3 is 2.68 bits per heavy atom. The number of anilines is 2. The van der Waals surface area contributed by atoms with Gasteiger partial charge in [-0.1, -0.05) is 0 Å². The third-order valence-electron chi connectivity index (χ3n) is 2.02. The maximum atomic E-state index is 11.9. The van der Waals surface area contributed by atoms with Gasteiger partial charge in [0, 0.05) is 13.0 Å². The second-order valence-electron chi connectivity index (χ2n) is 3.47. The fourth-order valence-corrected chi connectivity index (χ4v) is 1.20. The predicted octanol–water partition coefficient (Wildman–Crippen LogP) is 1.42. The highest BCUT2D eigenvalue weighted by molar-refractivity contribution is 5.56. The van der Waals surface area contributed by atoms with Gasteiger partial charge in [0.05, 0.1) is 4.92 Å². The molecule has 0 aliphatic carbocycles. The molecule has 0 atom stereocenters. The number of alkyl halides is 3. The zero-order chi connectivity index (χ0) is 14.5. The molecule has 0 saturated carbocycles. The van der Waals surface area contributed by atoms with Crippen molar-refractivity contribution in [1.82, 2.24) is 9.97 Å². The first-order valence-electron chi connectivity index (χ1n) is 5.12. The van der Waals surface area contributed by atoms with E-state index in [1.807, 2.05) is 0 Å². The monoisotopic (exact) mass is 280 g/mol. The summed E-state index contributed by atoms with van der Waals surface area (Å²) in [5.74, 6) is 4.77. The van der Waals surface area contributed by atoms with Gasteiger partial charge in [0.15, 0.2) is 0 Å². The molecule has 4 N–H and O–H groups in total. The van der Waals surface area contributed by atoms with Gasteiger partial charge in [-0.15, -0.1) is 0 Å². The van der Waals surface area contributed by atoms with Crippen LogP contribution in [0.5, 0.6) is 0 Å². The second kappa shape index (κ2) is 6.13. The standard InChI is InChI=1S/C8H11F3N6O2/c9-8(10,11)2-1-3-13-6-5(17(18)19)4-14-7(15-6)16-12/h4H,1-3,12H2,(H2,13,14,15,16). The summed E-state index contributed by atoms with van der Waals surface area (Å²) in [6.45, 7) is -0.110. The number of nitrogens with two attached hydrogens (primary N) is 1. The Hall–Kier alpha value is -2.17. The first-order chi connectivity index (χ1) is 8.83. The van der Waals surface area contributed by atoms with Gasteiger partial charge < -0.3 is 5.32 Å². The molecule has 0 unspecified atom stereocenters. The number of nitro groups is 1. The van der Waals surface area contributed by atoms with E-state index >= 15 is 0 Å². The van der Waals surface area contributed by atoms with Crippen LogP contribution in [0.4, 0.5) is 30.6 Å². The average molecular weight is 280 g/mol. The number of halogens is 3. The molecule has 8 nitrogen and oxygen atoms in total. The van der Waals surface area contributed by atoms with Crippen LogP contribution in [-0.4, -0.2) is 27.6 Å². The third kappa shape index (κ3) is 4.91. The summed E-state index contributed by atoms with van der Waals surface area (Å²) in [4.78, 5) is 17.1. The normalized spacial score (nSPS) is 11.2. The van der Waals surface area contributed by atoms with Crippen molar-refractivity contribution in [2.75, 3.05) is 17.3 Å². The fraction of sp³-hybridized carbons (Fsp3) is 0.500. The molecule has 1 aromatic rings. The van der Waals surface area contributed by atoms with Crippen LogP contribution in [0, 0.1) is 10.1 Å². The molecule has 19 heavy (non-hydrogen) atoms. The van der Waals surface area contributed by atoms with Gasteiger partial charge in [-0.25, -0.2) is 10.8 Å². The number of aromatic nitrogens is 2. The number of rotatable bonds is 6. The van der Waals surface area contributed by atoms with Crippen molar-refractivity contribution < 1.29 is 18.1 Å². The van der Waals surface area contributed by atoms with Crippen LogP contribution in [0.15, 0.2) is 6.20 Å². The molecule has 0 saturated heterocycles. The highest BCUT2D eigenvalue weighted by atomic mass is 19.4. The van der Waals surface area contributed by atoms with E-state index in [4.69, 9.17) is 5.84 Å². The van der Waals surface area contributed by atoms with Crippen LogP contribution in [0.1, 0.15) is 12.8 Å². The summed E-state index contributed by atoms with van der Waals surface area (Å²) < 4.78 is 35.8. The number of nitrogens with zero attached hydrogens (tertiary/aromatic N) is 3. The molecule has 0 aliphatic rings. The maximum Gasteiger partial charge on any atom is 0.389 e. The highest BCUT2D eigenvalue weighted by Crippen LogP contribution is 2.23. The smallest absolute Gasteiger partial charge is 0.364 e. The third-order valence-corrected chi connectivity index (χ3v) is 2.02. The van der Waals surface area contributed by atoms with Crippen LogP contribution >= 0.6 is 0 Å². The van der Waals surface area contributed by atoms with E-state index in [0.717, 1.165) is 6.20 Å². The largest absolute Gasteiger partial charge is 0.389 e. The minimum Gasteiger partial charge on any atom is -0.364 e. The Balaban J connectivity index is 2.67. The molecule has 1 heterocycles. The number of nitrogen functional groups attached to an aromatic ring is 1. The lowest BCUT2D eigenvalue weighted by Crippen LogP contribution is -2.15. The molecule has 0 spiro atoms. The summed E-state index contributed by atoms with van der Waals surface area (Å²) in [7, 11) is 0. The lowest BCUT2D eigenvalue weighted by Gasteiger charge is -2.08. The molecule has 11 heteroatoms. The van der Waals surface area contributed by atoms with Crippen molar-refractivity contribution in [3.63, 3.8) is 0 Å². The molecule has 0 bridgehead atoms. The van der Waals surface area contributed by atoms with E-state index in [-0.39, 0.29) is 24.7 Å². The minimum atomic E-state index is -4.26. The van der Waals surface area contributed by atoms with Gasteiger partial charge in [-0.2, -0.15) is 18.2 Å². The lowest BCUT2D eigenvalue weighted by molar-refractivity contribution is -0.384. The molecule has 1 aromatic heterocycles. The van der Waals surface area contributed by atoms with E-state index in [1.165, 1.54) is 0 Å². The van der Waals surface area contributed by atoms with E-state index in [0.29, 0.717) is 0 Å². The molecule has 1 rings (SSSR count). The van der Waals surface area contributed by atoms with E-state index in [9.17, 15) is 23.3 Å². The molecular weight excluding hydrogens is 269 g/mol. The molecule has 0 fully saturated rings. The van der Waals surface area contributed by atoms with Crippen molar-refractivity contribution in [2.45, 2.75) is 19.0 Å². The van der Waals surface area contributed by atoms with Crippen LogP contribution in [0.3, 0.4) is 0 Å². The van der Waals surface area contributed by atoms with Crippen LogP contribution in [0.2, 0.25) is 0 Å². The summed E-state index contributed by atoms with van der Waals surface area (Å²) in [6.07, 6.45) is -4.56. The van der Waals surface area contributed by atoms with Crippen molar-refractivity contribution in [3.05, 3.63) is 16.3 Å².